The summed E-state index contributed by atoms with van der Waals surface area (Å²) >= 11 is 0. The van der Waals surface area contributed by atoms with Crippen LogP contribution in [0.15, 0.2) is 48.5 Å². The summed E-state index contributed by atoms with van der Waals surface area (Å²) in [5.74, 6) is -2.52. The van der Waals surface area contributed by atoms with Crippen LogP contribution < -0.4 is 10.6 Å². The lowest BCUT2D eigenvalue weighted by Crippen LogP contribution is -2.49. The van der Waals surface area contributed by atoms with Crippen molar-refractivity contribution < 1.29 is 29.3 Å². The molecule has 8 heteroatoms. The van der Waals surface area contributed by atoms with Crippen molar-refractivity contribution in [1.29, 1.82) is 0 Å². The number of nitrogens with one attached hydrogen (secondary N) is 2. The minimum absolute atomic E-state index is 0.0704. The first kappa shape index (κ1) is 23.3. The molecule has 3 rings (SSSR count). The van der Waals surface area contributed by atoms with Crippen molar-refractivity contribution >= 4 is 18.0 Å². The SMILES string of the molecule is CC(NC(=O)OCC1c2ccccc2-c2ccccc21)C(C)C(=O)NC(CCO)C(=O)O. The Morgan fingerprint density at radius 2 is 1.53 bits per heavy atom. The molecule has 0 saturated heterocycles. The molecule has 2 aromatic rings. The predicted octanol–water partition coefficient (Wildman–Crippen LogP) is 2.50. The molecular formula is C24H28N2O6. The van der Waals surface area contributed by atoms with Crippen molar-refractivity contribution in [3.8, 4) is 11.1 Å². The Hall–Kier alpha value is -3.39. The van der Waals surface area contributed by atoms with E-state index in [1.54, 1.807) is 13.8 Å². The maximum atomic E-state index is 12.4. The second-order valence-corrected chi connectivity index (χ2v) is 7.96. The van der Waals surface area contributed by atoms with Crippen LogP contribution in [0.3, 0.4) is 0 Å². The average molecular weight is 440 g/mol. The van der Waals surface area contributed by atoms with Crippen LogP contribution in [-0.2, 0) is 14.3 Å². The van der Waals surface area contributed by atoms with Gasteiger partial charge in [0.2, 0.25) is 5.91 Å². The summed E-state index contributed by atoms with van der Waals surface area (Å²) in [4.78, 5) is 35.9. The number of benzene rings is 2. The van der Waals surface area contributed by atoms with Crippen molar-refractivity contribution in [2.45, 2.75) is 38.3 Å². The van der Waals surface area contributed by atoms with Gasteiger partial charge in [-0.05, 0) is 29.2 Å². The Labute approximate surface area is 186 Å². The van der Waals surface area contributed by atoms with Gasteiger partial charge in [0, 0.05) is 25.0 Å². The molecule has 0 bridgehead atoms. The van der Waals surface area contributed by atoms with Crippen LogP contribution in [0.2, 0.25) is 0 Å². The van der Waals surface area contributed by atoms with Crippen molar-refractivity contribution in [1.82, 2.24) is 10.6 Å². The predicted molar refractivity (Wildman–Crippen MR) is 118 cm³/mol. The lowest BCUT2D eigenvalue weighted by Gasteiger charge is -2.23. The Balaban J connectivity index is 1.57. The molecule has 0 fully saturated rings. The maximum absolute atomic E-state index is 12.4. The summed E-state index contributed by atoms with van der Waals surface area (Å²) in [7, 11) is 0. The van der Waals surface area contributed by atoms with E-state index in [2.05, 4.69) is 22.8 Å². The van der Waals surface area contributed by atoms with Crippen LogP contribution in [-0.4, -0.2) is 53.5 Å². The Morgan fingerprint density at radius 3 is 2.06 bits per heavy atom. The highest BCUT2D eigenvalue weighted by molar-refractivity contribution is 5.85. The number of carbonyl (C=O) groups excluding carboxylic acids is 2. The summed E-state index contributed by atoms with van der Waals surface area (Å²) < 4.78 is 5.49. The zero-order chi connectivity index (χ0) is 23.3. The van der Waals surface area contributed by atoms with Crippen molar-refractivity contribution in [2.75, 3.05) is 13.2 Å². The van der Waals surface area contributed by atoms with Gasteiger partial charge in [-0.1, -0.05) is 55.5 Å². The van der Waals surface area contributed by atoms with Gasteiger partial charge in [0.05, 0.1) is 5.92 Å². The molecule has 0 spiro atoms. The number of alkyl carbamates (subject to hydrolysis) is 1. The molecule has 1 aliphatic carbocycles. The lowest BCUT2D eigenvalue weighted by molar-refractivity contribution is -0.143. The van der Waals surface area contributed by atoms with E-state index in [1.165, 1.54) is 0 Å². The van der Waals surface area contributed by atoms with E-state index in [0.29, 0.717) is 0 Å². The van der Waals surface area contributed by atoms with Gasteiger partial charge in [0.15, 0.2) is 0 Å². The fourth-order valence-electron chi connectivity index (χ4n) is 3.87. The molecule has 2 amide bonds. The minimum atomic E-state index is -1.23. The zero-order valence-electron chi connectivity index (χ0n) is 18.1. The Kier molecular flexibility index (Phi) is 7.48. The highest BCUT2D eigenvalue weighted by Gasteiger charge is 2.30. The number of carboxylic acids is 1. The number of carbonyl (C=O) groups is 3. The van der Waals surface area contributed by atoms with Crippen LogP contribution in [0.5, 0.6) is 0 Å². The molecule has 0 aliphatic heterocycles. The average Bonchev–Trinajstić information content (AvgIpc) is 3.10. The van der Waals surface area contributed by atoms with Gasteiger partial charge in [-0.25, -0.2) is 9.59 Å². The number of aliphatic hydroxyl groups excluding tert-OH is 1. The first-order chi connectivity index (χ1) is 15.3. The number of hydrogen-bond acceptors (Lipinski definition) is 5. The third-order valence-corrected chi connectivity index (χ3v) is 5.89. The summed E-state index contributed by atoms with van der Waals surface area (Å²) in [5, 5.41) is 23.1. The molecule has 4 N–H and O–H groups in total. The molecule has 32 heavy (non-hydrogen) atoms. The molecule has 8 nitrogen and oxygen atoms in total. The van der Waals surface area contributed by atoms with E-state index in [0.717, 1.165) is 22.3 Å². The van der Waals surface area contributed by atoms with Crippen molar-refractivity contribution in [2.24, 2.45) is 5.92 Å². The van der Waals surface area contributed by atoms with Crippen LogP contribution in [0.25, 0.3) is 11.1 Å². The number of fused-ring (bicyclic) bond motifs is 3. The van der Waals surface area contributed by atoms with Crippen LogP contribution in [0, 0.1) is 5.92 Å². The Morgan fingerprint density at radius 1 is 0.969 bits per heavy atom. The fraction of sp³-hybridized carbons (Fsp3) is 0.375. The molecular weight excluding hydrogens is 412 g/mol. The van der Waals surface area contributed by atoms with E-state index < -0.39 is 36.0 Å². The minimum Gasteiger partial charge on any atom is -0.480 e. The number of rotatable bonds is 9. The van der Waals surface area contributed by atoms with Crippen molar-refractivity contribution in [3.05, 3.63) is 59.7 Å². The fourth-order valence-corrected chi connectivity index (χ4v) is 3.87. The number of hydrogen-bond donors (Lipinski definition) is 4. The quantitative estimate of drug-likeness (QED) is 0.475. The lowest BCUT2D eigenvalue weighted by atomic mass is 9.98. The van der Waals surface area contributed by atoms with E-state index in [-0.39, 0.29) is 25.6 Å². The van der Waals surface area contributed by atoms with Crippen LogP contribution in [0.1, 0.15) is 37.3 Å². The topological polar surface area (TPSA) is 125 Å². The Bertz CT molecular complexity index is 946. The highest BCUT2D eigenvalue weighted by atomic mass is 16.5. The molecule has 0 aromatic heterocycles. The maximum Gasteiger partial charge on any atom is 0.407 e. The summed E-state index contributed by atoms with van der Waals surface area (Å²) in [6.45, 7) is 3.03. The van der Waals surface area contributed by atoms with Gasteiger partial charge < -0.3 is 25.6 Å². The van der Waals surface area contributed by atoms with Gasteiger partial charge in [-0.3, -0.25) is 4.79 Å². The van der Waals surface area contributed by atoms with Gasteiger partial charge in [0.1, 0.15) is 12.6 Å². The molecule has 0 saturated carbocycles. The summed E-state index contributed by atoms with van der Waals surface area (Å²) in [6, 6.07) is 14.3. The molecule has 3 unspecified atom stereocenters. The first-order valence-electron chi connectivity index (χ1n) is 10.6. The third kappa shape index (κ3) is 5.08. The van der Waals surface area contributed by atoms with E-state index in [1.807, 2.05) is 36.4 Å². The monoisotopic (exact) mass is 440 g/mol. The van der Waals surface area contributed by atoms with Gasteiger partial charge in [0.25, 0.3) is 0 Å². The second-order valence-electron chi connectivity index (χ2n) is 7.96. The first-order valence-corrected chi connectivity index (χ1v) is 10.6. The largest absolute Gasteiger partial charge is 0.480 e. The smallest absolute Gasteiger partial charge is 0.407 e. The molecule has 2 aromatic carbocycles. The number of ether oxygens (including phenoxy) is 1. The van der Waals surface area contributed by atoms with Gasteiger partial charge >= 0.3 is 12.1 Å². The third-order valence-electron chi connectivity index (χ3n) is 5.89. The van der Waals surface area contributed by atoms with E-state index in [9.17, 15) is 14.4 Å². The van der Waals surface area contributed by atoms with Gasteiger partial charge in [-0.15, -0.1) is 0 Å². The molecule has 3 atom stereocenters. The summed E-state index contributed by atoms with van der Waals surface area (Å²) in [6.07, 6.45) is -0.744. The number of carboxylic acid groups (broad SMARTS) is 1. The molecule has 170 valence electrons. The molecule has 1 aliphatic rings. The van der Waals surface area contributed by atoms with Crippen molar-refractivity contribution in [3.63, 3.8) is 0 Å². The van der Waals surface area contributed by atoms with E-state index in [4.69, 9.17) is 14.9 Å². The highest BCUT2D eigenvalue weighted by Crippen LogP contribution is 2.44. The van der Waals surface area contributed by atoms with Crippen LogP contribution in [0.4, 0.5) is 4.79 Å². The standard InChI is InChI=1S/C24H28N2O6/c1-14(22(28)26-21(11-12-27)23(29)30)15(2)25-24(31)32-13-20-18-9-5-3-7-16(18)17-8-4-6-10-19(17)20/h3-10,14-15,20-21,27H,11-13H2,1-2H3,(H,25,31)(H,26,28)(H,29,30). The van der Waals surface area contributed by atoms with Crippen LogP contribution >= 0.6 is 0 Å². The molecule has 0 heterocycles. The number of aliphatic carboxylic acids is 1. The number of aliphatic hydroxyl groups is 1. The zero-order valence-corrected chi connectivity index (χ0v) is 18.1. The molecule has 0 radical (unpaired) electrons. The second kappa shape index (κ2) is 10.3. The number of amides is 2. The van der Waals surface area contributed by atoms with Gasteiger partial charge in [-0.2, -0.15) is 0 Å². The normalized spacial score (nSPS) is 15.1. The summed E-state index contributed by atoms with van der Waals surface area (Å²) in [5.41, 5.74) is 4.47. The van der Waals surface area contributed by atoms with E-state index >= 15 is 0 Å².